The second-order valence-electron chi connectivity index (χ2n) is 4.22. The van der Waals surface area contributed by atoms with Gasteiger partial charge in [0.15, 0.2) is 0 Å². The SMILES string of the molecule is CN(Cc1ncc[nH]1)S(=O)(=O)c1cccc(F)c1CN. The molecule has 20 heavy (non-hydrogen) atoms. The van der Waals surface area contributed by atoms with Crippen LogP contribution in [0.15, 0.2) is 35.5 Å². The average molecular weight is 298 g/mol. The lowest BCUT2D eigenvalue weighted by Gasteiger charge is -2.18. The normalized spacial score (nSPS) is 12.0. The van der Waals surface area contributed by atoms with Gasteiger partial charge < -0.3 is 10.7 Å². The standard InChI is InChI=1S/C12H15FN4O2S/c1-17(8-12-15-5-6-16-12)20(18,19)11-4-2-3-10(13)9(11)7-14/h2-6H,7-8,14H2,1H3,(H,15,16). The third-order valence-electron chi connectivity index (χ3n) is 2.90. The highest BCUT2D eigenvalue weighted by molar-refractivity contribution is 7.89. The molecule has 2 rings (SSSR count). The van der Waals surface area contributed by atoms with E-state index in [-0.39, 0.29) is 23.5 Å². The van der Waals surface area contributed by atoms with Crippen molar-refractivity contribution in [3.05, 3.63) is 47.8 Å². The van der Waals surface area contributed by atoms with E-state index in [0.717, 1.165) is 4.31 Å². The minimum atomic E-state index is -3.83. The largest absolute Gasteiger partial charge is 0.347 e. The lowest BCUT2D eigenvalue weighted by Crippen LogP contribution is -2.28. The molecule has 8 heteroatoms. The first-order chi connectivity index (χ1) is 9.46. The molecule has 3 N–H and O–H groups in total. The Kier molecular flexibility index (Phi) is 4.17. The zero-order valence-electron chi connectivity index (χ0n) is 10.9. The summed E-state index contributed by atoms with van der Waals surface area (Å²) in [7, 11) is -2.42. The molecule has 2 aromatic rings. The van der Waals surface area contributed by atoms with Crippen LogP contribution in [0.3, 0.4) is 0 Å². The van der Waals surface area contributed by atoms with Gasteiger partial charge in [0.25, 0.3) is 0 Å². The zero-order valence-corrected chi connectivity index (χ0v) is 11.7. The summed E-state index contributed by atoms with van der Waals surface area (Å²) < 4.78 is 39.6. The van der Waals surface area contributed by atoms with Crippen LogP contribution in [-0.2, 0) is 23.1 Å². The third-order valence-corrected chi connectivity index (χ3v) is 4.78. The van der Waals surface area contributed by atoms with Crippen molar-refractivity contribution in [1.82, 2.24) is 14.3 Å². The lowest BCUT2D eigenvalue weighted by molar-refractivity contribution is 0.456. The van der Waals surface area contributed by atoms with Crippen molar-refractivity contribution in [2.75, 3.05) is 7.05 Å². The summed E-state index contributed by atoms with van der Waals surface area (Å²) >= 11 is 0. The van der Waals surface area contributed by atoms with E-state index in [4.69, 9.17) is 5.73 Å². The molecule has 0 radical (unpaired) electrons. The van der Waals surface area contributed by atoms with Gasteiger partial charge in [-0.1, -0.05) is 6.07 Å². The lowest BCUT2D eigenvalue weighted by atomic mass is 10.2. The second kappa shape index (κ2) is 5.70. The highest BCUT2D eigenvalue weighted by atomic mass is 32.2. The summed E-state index contributed by atoms with van der Waals surface area (Å²) in [5.41, 5.74) is 5.43. The summed E-state index contributed by atoms with van der Waals surface area (Å²) in [6.45, 7) is -0.119. The van der Waals surface area contributed by atoms with Gasteiger partial charge in [-0.2, -0.15) is 4.31 Å². The first-order valence-corrected chi connectivity index (χ1v) is 7.33. The first kappa shape index (κ1) is 14.6. The van der Waals surface area contributed by atoms with Gasteiger partial charge in [0.05, 0.1) is 11.4 Å². The van der Waals surface area contributed by atoms with E-state index in [0.29, 0.717) is 5.82 Å². The van der Waals surface area contributed by atoms with E-state index >= 15 is 0 Å². The van der Waals surface area contributed by atoms with Crippen molar-refractivity contribution >= 4 is 10.0 Å². The highest BCUT2D eigenvalue weighted by Gasteiger charge is 2.25. The number of halogens is 1. The number of imidazole rings is 1. The molecule has 0 amide bonds. The summed E-state index contributed by atoms with van der Waals surface area (Å²) in [6, 6.07) is 3.88. The van der Waals surface area contributed by atoms with E-state index in [1.54, 1.807) is 6.20 Å². The van der Waals surface area contributed by atoms with Crippen LogP contribution < -0.4 is 5.73 Å². The monoisotopic (exact) mass is 298 g/mol. The number of H-pyrrole nitrogens is 1. The van der Waals surface area contributed by atoms with E-state index < -0.39 is 15.8 Å². The second-order valence-corrected chi connectivity index (χ2v) is 6.23. The van der Waals surface area contributed by atoms with Crippen molar-refractivity contribution in [2.45, 2.75) is 18.0 Å². The summed E-state index contributed by atoms with van der Waals surface area (Å²) in [5.74, 6) is -0.123. The Morgan fingerprint density at radius 3 is 2.80 bits per heavy atom. The number of rotatable bonds is 5. The zero-order chi connectivity index (χ0) is 14.8. The molecule has 1 heterocycles. The van der Waals surface area contributed by atoms with Gasteiger partial charge in [0, 0.05) is 31.5 Å². The molecule has 0 bridgehead atoms. The van der Waals surface area contributed by atoms with Gasteiger partial charge in [-0.05, 0) is 12.1 Å². The maximum atomic E-state index is 13.6. The molecule has 0 fully saturated rings. The highest BCUT2D eigenvalue weighted by Crippen LogP contribution is 2.22. The summed E-state index contributed by atoms with van der Waals surface area (Å²) in [6.07, 6.45) is 3.13. The molecule has 0 saturated heterocycles. The van der Waals surface area contributed by atoms with Gasteiger partial charge in [0.2, 0.25) is 10.0 Å². The van der Waals surface area contributed by atoms with Gasteiger partial charge in [0.1, 0.15) is 11.6 Å². The number of nitrogens with two attached hydrogens (primary N) is 1. The number of nitrogens with zero attached hydrogens (tertiary/aromatic N) is 2. The Balaban J connectivity index is 2.37. The Morgan fingerprint density at radius 1 is 1.45 bits per heavy atom. The molecular weight excluding hydrogens is 283 g/mol. The molecule has 0 saturated carbocycles. The number of aromatic amines is 1. The van der Waals surface area contributed by atoms with Crippen LogP contribution >= 0.6 is 0 Å². The van der Waals surface area contributed by atoms with Gasteiger partial charge in [-0.3, -0.25) is 0 Å². The van der Waals surface area contributed by atoms with E-state index in [1.165, 1.54) is 31.4 Å². The van der Waals surface area contributed by atoms with Crippen molar-refractivity contribution in [1.29, 1.82) is 0 Å². The van der Waals surface area contributed by atoms with Crippen molar-refractivity contribution < 1.29 is 12.8 Å². The number of benzene rings is 1. The van der Waals surface area contributed by atoms with Crippen LogP contribution in [0.5, 0.6) is 0 Å². The fourth-order valence-electron chi connectivity index (χ4n) is 1.83. The van der Waals surface area contributed by atoms with E-state index in [9.17, 15) is 12.8 Å². The first-order valence-electron chi connectivity index (χ1n) is 5.89. The number of hydrogen-bond acceptors (Lipinski definition) is 4. The Hall–Kier alpha value is -1.77. The van der Waals surface area contributed by atoms with Gasteiger partial charge in [-0.25, -0.2) is 17.8 Å². The fourth-order valence-corrected chi connectivity index (χ4v) is 3.20. The molecule has 0 aliphatic carbocycles. The fraction of sp³-hybridized carbons (Fsp3) is 0.250. The number of sulfonamides is 1. The number of nitrogens with one attached hydrogen (secondary N) is 1. The quantitative estimate of drug-likeness (QED) is 0.855. The molecule has 0 aliphatic heterocycles. The van der Waals surface area contributed by atoms with Gasteiger partial charge >= 0.3 is 0 Å². The van der Waals surface area contributed by atoms with Crippen molar-refractivity contribution in [3.8, 4) is 0 Å². The molecule has 0 atom stereocenters. The average Bonchev–Trinajstić information content (AvgIpc) is 2.91. The Morgan fingerprint density at radius 2 is 2.20 bits per heavy atom. The molecular formula is C12H15FN4O2S. The van der Waals surface area contributed by atoms with Crippen LogP contribution in [0.4, 0.5) is 4.39 Å². The summed E-state index contributed by atoms with van der Waals surface area (Å²) in [5, 5.41) is 0. The molecule has 108 valence electrons. The van der Waals surface area contributed by atoms with Crippen molar-refractivity contribution in [3.63, 3.8) is 0 Å². The number of hydrogen-bond donors (Lipinski definition) is 2. The van der Waals surface area contributed by atoms with Crippen LogP contribution in [0.25, 0.3) is 0 Å². The van der Waals surface area contributed by atoms with Gasteiger partial charge in [-0.15, -0.1) is 0 Å². The Labute approximate surface area is 116 Å². The van der Waals surface area contributed by atoms with Crippen molar-refractivity contribution in [2.24, 2.45) is 5.73 Å². The smallest absolute Gasteiger partial charge is 0.243 e. The molecule has 0 aliphatic rings. The van der Waals surface area contributed by atoms with Crippen LogP contribution in [0.2, 0.25) is 0 Å². The molecule has 0 unspecified atom stereocenters. The van der Waals surface area contributed by atoms with E-state index in [2.05, 4.69) is 9.97 Å². The number of aromatic nitrogens is 2. The predicted molar refractivity (Wildman–Crippen MR) is 71.5 cm³/mol. The third kappa shape index (κ3) is 2.72. The maximum Gasteiger partial charge on any atom is 0.243 e. The Bertz CT molecular complexity index is 685. The van der Waals surface area contributed by atoms with Crippen LogP contribution in [0, 0.1) is 5.82 Å². The minimum Gasteiger partial charge on any atom is -0.347 e. The topological polar surface area (TPSA) is 92.1 Å². The predicted octanol–water partition coefficient (Wildman–Crippen LogP) is 0.828. The molecule has 6 nitrogen and oxygen atoms in total. The molecule has 0 spiro atoms. The van der Waals surface area contributed by atoms with Crippen LogP contribution in [0.1, 0.15) is 11.4 Å². The molecule has 1 aromatic carbocycles. The van der Waals surface area contributed by atoms with E-state index in [1.807, 2.05) is 0 Å². The maximum absolute atomic E-state index is 13.6. The minimum absolute atomic E-state index is 0.0150. The summed E-state index contributed by atoms with van der Waals surface area (Å²) in [4.78, 5) is 6.66. The van der Waals surface area contributed by atoms with Crippen LogP contribution in [-0.4, -0.2) is 29.7 Å². The molecule has 1 aromatic heterocycles.